The van der Waals surface area contributed by atoms with Gasteiger partial charge in [0.25, 0.3) is 0 Å². The van der Waals surface area contributed by atoms with E-state index in [2.05, 4.69) is 231 Å². The van der Waals surface area contributed by atoms with Gasteiger partial charge >= 0.3 is 0 Å². The van der Waals surface area contributed by atoms with Crippen molar-refractivity contribution >= 4 is 68.1 Å². The molecule has 0 N–H and O–H groups in total. The van der Waals surface area contributed by atoms with Gasteiger partial charge in [-0.15, -0.1) is 0 Å². The fraction of sp³-hybridized carbons (Fsp3) is 0. The topological polar surface area (TPSA) is 26.3 Å². The molecular formula is C58H42B2O2. The van der Waals surface area contributed by atoms with Crippen molar-refractivity contribution in [3.63, 3.8) is 0 Å². The van der Waals surface area contributed by atoms with Crippen LogP contribution in [0.4, 0.5) is 0 Å². The summed E-state index contributed by atoms with van der Waals surface area (Å²) in [6.07, 6.45) is 3.55. The summed E-state index contributed by atoms with van der Waals surface area (Å²) in [7, 11) is 0. The monoisotopic (exact) mass is 792 g/mol. The SMILES string of the molecule is c1ccc(B(/C(=C(/c2ccc3cc(/C(=C(/B(c4ccccc4)c4ccccc4)c4ccccc4)c4ccco4)ccc3c2)c2ccco2)c2ccccc2)c2ccccc2)cc1. The van der Waals surface area contributed by atoms with Crippen molar-refractivity contribution in [2.24, 2.45) is 0 Å². The first-order valence-corrected chi connectivity index (χ1v) is 21.2. The summed E-state index contributed by atoms with van der Waals surface area (Å²) in [6, 6.07) is 86.6. The van der Waals surface area contributed by atoms with Crippen LogP contribution < -0.4 is 21.9 Å². The number of fused-ring (bicyclic) bond motifs is 1. The predicted molar refractivity (Wildman–Crippen MR) is 262 cm³/mol. The van der Waals surface area contributed by atoms with Gasteiger partial charge in [0.15, 0.2) is 0 Å². The molecule has 0 radical (unpaired) electrons. The summed E-state index contributed by atoms with van der Waals surface area (Å²) in [5, 5.41) is 2.25. The Morgan fingerprint density at radius 1 is 0.274 bits per heavy atom. The molecule has 0 amide bonds. The van der Waals surface area contributed by atoms with Crippen molar-refractivity contribution in [2.75, 3.05) is 0 Å². The third-order valence-corrected chi connectivity index (χ3v) is 11.8. The van der Waals surface area contributed by atoms with E-state index in [0.717, 1.165) is 55.7 Å². The van der Waals surface area contributed by atoms with Gasteiger partial charge in [0, 0.05) is 11.1 Å². The smallest absolute Gasteiger partial charge is 0.242 e. The molecular weight excluding hydrogens is 750 g/mol. The lowest BCUT2D eigenvalue weighted by Crippen LogP contribution is -2.44. The van der Waals surface area contributed by atoms with E-state index < -0.39 is 0 Å². The summed E-state index contributed by atoms with van der Waals surface area (Å²) >= 11 is 0. The Bertz CT molecular complexity index is 2780. The molecule has 0 saturated carbocycles. The normalized spacial score (nSPS) is 12.1. The summed E-state index contributed by atoms with van der Waals surface area (Å²) in [5.41, 5.74) is 13.7. The highest BCUT2D eigenvalue weighted by Crippen LogP contribution is 2.39. The average molecular weight is 793 g/mol. The molecule has 2 heterocycles. The zero-order valence-electron chi connectivity index (χ0n) is 34.2. The van der Waals surface area contributed by atoms with Gasteiger partial charge < -0.3 is 8.83 Å². The molecule has 4 heteroatoms. The molecule has 0 aliphatic rings. The maximum absolute atomic E-state index is 6.37. The highest BCUT2D eigenvalue weighted by atomic mass is 16.3. The van der Waals surface area contributed by atoms with E-state index in [-0.39, 0.29) is 13.4 Å². The van der Waals surface area contributed by atoms with Gasteiger partial charge in [0.05, 0.1) is 12.5 Å². The molecule has 0 spiro atoms. The van der Waals surface area contributed by atoms with E-state index in [1.807, 2.05) is 12.1 Å². The zero-order chi connectivity index (χ0) is 41.5. The van der Waals surface area contributed by atoms with Crippen LogP contribution in [-0.2, 0) is 0 Å². The minimum absolute atomic E-state index is 0.0717. The molecule has 0 aliphatic heterocycles. The second kappa shape index (κ2) is 17.8. The maximum Gasteiger partial charge on any atom is 0.242 e. The van der Waals surface area contributed by atoms with Crippen LogP contribution in [0.25, 0.3) is 32.9 Å². The van der Waals surface area contributed by atoms with E-state index in [9.17, 15) is 0 Å². The van der Waals surface area contributed by atoms with E-state index in [0.29, 0.717) is 0 Å². The first-order chi connectivity index (χ1) is 30.8. The van der Waals surface area contributed by atoms with Gasteiger partial charge in [0.2, 0.25) is 13.4 Å². The van der Waals surface area contributed by atoms with Gasteiger partial charge in [0.1, 0.15) is 11.5 Å². The maximum atomic E-state index is 6.37. The van der Waals surface area contributed by atoms with Gasteiger partial charge in [-0.05, 0) is 69.4 Å². The van der Waals surface area contributed by atoms with E-state index >= 15 is 0 Å². The third-order valence-electron chi connectivity index (χ3n) is 11.8. The van der Waals surface area contributed by atoms with Crippen LogP contribution >= 0.6 is 0 Å². The Morgan fingerprint density at radius 2 is 0.581 bits per heavy atom. The highest BCUT2D eigenvalue weighted by molar-refractivity contribution is 7.01. The van der Waals surface area contributed by atoms with Gasteiger partial charge in [-0.2, -0.15) is 0 Å². The molecule has 10 rings (SSSR count). The van der Waals surface area contributed by atoms with Crippen molar-refractivity contribution in [3.8, 4) is 0 Å². The van der Waals surface area contributed by atoms with Crippen LogP contribution in [-0.4, -0.2) is 13.4 Å². The number of furan rings is 2. The molecule has 2 nitrogen and oxygen atoms in total. The highest BCUT2D eigenvalue weighted by Gasteiger charge is 2.32. The third kappa shape index (κ3) is 7.83. The molecule has 0 unspecified atom stereocenters. The lowest BCUT2D eigenvalue weighted by Gasteiger charge is -2.24. The first kappa shape index (κ1) is 38.4. The van der Waals surface area contributed by atoms with Crippen molar-refractivity contribution in [3.05, 3.63) is 289 Å². The van der Waals surface area contributed by atoms with Crippen LogP contribution in [0.5, 0.6) is 0 Å². The lowest BCUT2D eigenvalue weighted by atomic mass is 9.34. The second-order valence-corrected chi connectivity index (χ2v) is 15.5. The summed E-state index contributed by atoms with van der Waals surface area (Å²) in [4.78, 5) is 0. The number of hydrogen-bond donors (Lipinski definition) is 0. The van der Waals surface area contributed by atoms with Gasteiger partial charge in [-0.25, -0.2) is 0 Å². The minimum atomic E-state index is -0.0717. The second-order valence-electron chi connectivity index (χ2n) is 15.5. The van der Waals surface area contributed by atoms with Crippen molar-refractivity contribution in [2.45, 2.75) is 0 Å². The number of rotatable bonds is 12. The van der Waals surface area contributed by atoms with Crippen LogP contribution in [0.1, 0.15) is 33.8 Å². The Labute approximate surface area is 364 Å². The fourth-order valence-electron chi connectivity index (χ4n) is 9.04. The lowest BCUT2D eigenvalue weighted by molar-refractivity contribution is 0.554. The number of benzene rings is 8. The molecule has 0 aliphatic carbocycles. The van der Waals surface area contributed by atoms with E-state index in [4.69, 9.17) is 8.83 Å². The quantitative estimate of drug-likeness (QED) is 0.0910. The molecule has 62 heavy (non-hydrogen) atoms. The van der Waals surface area contributed by atoms with E-state index in [1.54, 1.807) is 12.5 Å². The first-order valence-electron chi connectivity index (χ1n) is 21.2. The van der Waals surface area contributed by atoms with Crippen LogP contribution in [0.15, 0.2) is 264 Å². The predicted octanol–water partition coefficient (Wildman–Crippen LogP) is 11.6. The fourth-order valence-corrected chi connectivity index (χ4v) is 9.04. The van der Waals surface area contributed by atoms with Gasteiger partial charge in [-0.1, -0.05) is 239 Å². The summed E-state index contributed by atoms with van der Waals surface area (Å²) in [6.45, 7) is -0.143. The summed E-state index contributed by atoms with van der Waals surface area (Å²) in [5.74, 6) is 1.64. The molecule has 10 aromatic rings. The minimum Gasteiger partial charge on any atom is -0.464 e. The molecule has 0 bridgehead atoms. The molecule has 0 atom stereocenters. The standard InChI is InChI=1S/C58H42B2O2/c1-7-21-43(22-8-1)57(59(49-25-11-3-12-26-49)50-27-13-4-14-28-50)55(53-33-19-39-61-53)47-37-35-46-42-48(38-36-45(46)41-47)56(54-34-20-40-62-54)58(44-23-9-2-10-24-44)60(51-29-15-5-16-30-51)52-31-17-6-18-32-52/h1-42H/b57-55-,58-56-. The molecule has 2 aromatic heterocycles. The molecule has 0 saturated heterocycles. The molecule has 8 aromatic carbocycles. The Balaban J connectivity index is 1.21. The van der Waals surface area contributed by atoms with Crippen LogP contribution in [0.3, 0.4) is 0 Å². The number of hydrogen-bond acceptors (Lipinski definition) is 2. The Morgan fingerprint density at radius 3 is 0.871 bits per heavy atom. The average Bonchev–Trinajstić information content (AvgIpc) is 4.09. The van der Waals surface area contributed by atoms with Crippen LogP contribution in [0, 0.1) is 0 Å². The Hall–Kier alpha value is -7.81. The van der Waals surface area contributed by atoms with Crippen molar-refractivity contribution < 1.29 is 8.83 Å². The van der Waals surface area contributed by atoms with Gasteiger partial charge in [-0.3, -0.25) is 0 Å². The molecule has 0 fully saturated rings. The molecule has 292 valence electrons. The zero-order valence-corrected chi connectivity index (χ0v) is 34.2. The van der Waals surface area contributed by atoms with Crippen molar-refractivity contribution in [1.82, 2.24) is 0 Å². The van der Waals surface area contributed by atoms with Crippen molar-refractivity contribution in [1.29, 1.82) is 0 Å². The van der Waals surface area contributed by atoms with Crippen LogP contribution in [0.2, 0.25) is 0 Å². The Kier molecular flexibility index (Phi) is 11.0. The largest absolute Gasteiger partial charge is 0.464 e. The van der Waals surface area contributed by atoms with E-state index in [1.165, 1.54) is 32.8 Å². The summed E-state index contributed by atoms with van der Waals surface area (Å²) < 4.78 is 12.7.